The Kier molecular flexibility index (Phi) is 3.92. The summed E-state index contributed by atoms with van der Waals surface area (Å²) in [5.74, 6) is -0.0116. The normalized spacial score (nSPS) is 9.50. The van der Waals surface area contributed by atoms with Crippen molar-refractivity contribution in [1.82, 2.24) is 5.32 Å². The molecule has 1 amide bonds. The molecule has 2 heteroatoms. The maximum atomic E-state index is 11.5. The summed E-state index contributed by atoms with van der Waals surface area (Å²) < 4.78 is 0. The molecule has 1 rings (SSSR count). The molecule has 0 bridgehead atoms. The van der Waals surface area contributed by atoms with E-state index in [1.165, 1.54) is 0 Å². The lowest BCUT2D eigenvalue weighted by molar-refractivity contribution is 0.0953. The number of carbonyl (C=O) groups excluding carboxylic acids is 1. The van der Waals surface area contributed by atoms with Gasteiger partial charge in [-0.15, -0.1) is 0 Å². The molecule has 0 spiro atoms. The highest BCUT2D eigenvalue weighted by molar-refractivity contribution is 5.94. The van der Waals surface area contributed by atoms with E-state index in [1.54, 1.807) is 6.08 Å². The average molecular weight is 189 g/mol. The SMILES string of the molecule is C=Cc1ccc(C(=O)NCCC)cc1. The first-order valence-electron chi connectivity index (χ1n) is 4.78. The molecule has 0 unspecified atom stereocenters. The van der Waals surface area contributed by atoms with Gasteiger partial charge in [-0.1, -0.05) is 31.7 Å². The minimum absolute atomic E-state index is 0.0116. The maximum absolute atomic E-state index is 11.5. The summed E-state index contributed by atoms with van der Waals surface area (Å²) in [6.07, 6.45) is 2.71. The summed E-state index contributed by atoms with van der Waals surface area (Å²) in [6, 6.07) is 7.38. The van der Waals surface area contributed by atoms with Gasteiger partial charge in [-0.25, -0.2) is 0 Å². The van der Waals surface area contributed by atoms with Crippen molar-refractivity contribution in [2.24, 2.45) is 0 Å². The molecule has 0 saturated carbocycles. The van der Waals surface area contributed by atoms with Gasteiger partial charge in [0.1, 0.15) is 0 Å². The van der Waals surface area contributed by atoms with Crippen molar-refractivity contribution in [2.75, 3.05) is 6.54 Å². The highest BCUT2D eigenvalue weighted by Crippen LogP contribution is 2.05. The van der Waals surface area contributed by atoms with E-state index in [0.29, 0.717) is 5.56 Å². The molecule has 0 aliphatic heterocycles. The largest absolute Gasteiger partial charge is 0.352 e. The van der Waals surface area contributed by atoms with E-state index >= 15 is 0 Å². The second kappa shape index (κ2) is 5.22. The molecule has 0 radical (unpaired) electrons. The molecule has 0 heterocycles. The Balaban J connectivity index is 2.66. The van der Waals surface area contributed by atoms with Crippen molar-refractivity contribution in [2.45, 2.75) is 13.3 Å². The van der Waals surface area contributed by atoms with E-state index in [1.807, 2.05) is 31.2 Å². The van der Waals surface area contributed by atoms with Gasteiger partial charge in [-0.2, -0.15) is 0 Å². The number of nitrogens with one attached hydrogen (secondary N) is 1. The summed E-state index contributed by atoms with van der Waals surface area (Å²) >= 11 is 0. The third-order valence-electron chi connectivity index (χ3n) is 1.94. The molecule has 0 fully saturated rings. The smallest absolute Gasteiger partial charge is 0.251 e. The molecule has 0 saturated heterocycles. The molecular formula is C12H15NO. The lowest BCUT2D eigenvalue weighted by Gasteiger charge is -2.03. The molecule has 0 aliphatic rings. The van der Waals surface area contributed by atoms with Crippen LogP contribution >= 0.6 is 0 Å². The molecule has 0 aliphatic carbocycles. The summed E-state index contributed by atoms with van der Waals surface area (Å²) in [6.45, 7) is 6.41. The number of benzene rings is 1. The van der Waals surface area contributed by atoms with E-state index < -0.39 is 0 Å². The van der Waals surface area contributed by atoms with Crippen LogP contribution in [0, 0.1) is 0 Å². The number of hydrogen-bond acceptors (Lipinski definition) is 1. The molecule has 14 heavy (non-hydrogen) atoms. The van der Waals surface area contributed by atoms with Crippen LogP contribution in [0.1, 0.15) is 29.3 Å². The Labute approximate surface area is 84.6 Å². The fourth-order valence-electron chi connectivity index (χ4n) is 1.11. The van der Waals surface area contributed by atoms with Crippen LogP contribution in [0.15, 0.2) is 30.8 Å². The van der Waals surface area contributed by atoms with Crippen LogP contribution in [0.25, 0.3) is 6.08 Å². The van der Waals surface area contributed by atoms with Crippen LogP contribution in [-0.4, -0.2) is 12.5 Å². The van der Waals surface area contributed by atoms with Crippen molar-refractivity contribution >= 4 is 12.0 Å². The van der Waals surface area contributed by atoms with Crippen molar-refractivity contribution in [3.8, 4) is 0 Å². The highest BCUT2D eigenvalue weighted by atomic mass is 16.1. The van der Waals surface area contributed by atoms with Crippen molar-refractivity contribution in [1.29, 1.82) is 0 Å². The monoisotopic (exact) mass is 189 g/mol. The van der Waals surface area contributed by atoms with Gasteiger partial charge in [0.15, 0.2) is 0 Å². The summed E-state index contributed by atoms with van der Waals surface area (Å²) in [7, 11) is 0. The van der Waals surface area contributed by atoms with Gasteiger partial charge in [-0.05, 0) is 24.1 Å². The molecule has 1 N–H and O–H groups in total. The maximum Gasteiger partial charge on any atom is 0.251 e. The highest BCUT2D eigenvalue weighted by Gasteiger charge is 2.02. The Morgan fingerprint density at radius 1 is 1.43 bits per heavy atom. The Morgan fingerprint density at radius 3 is 2.57 bits per heavy atom. The Hall–Kier alpha value is -1.57. The first kappa shape index (κ1) is 10.5. The van der Waals surface area contributed by atoms with E-state index in [4.69, 9.17) is 0 Å². The van der Waals surface area contributed by atoms with Crippen LogP contribution in [0.2, 0.25) is 0 Å². The second-order valence-corrected chi connectivity index (χ2v) is 3.08. The summed E-state index contributed by atoms with van der Waals surface area (Å²) in [5.41, 5.74) is 1.72. The van der Waals surface area contributed by atoms with Gasteiger partial charge in [0.05, 0.1) is 0 Å². The van der Waals surface area contributed by atoms with Crippen molar-refractivity contribution < 1.29 is 4.79 Å². The topological polar surface area (TPSA) is 29.1 Å². The second-order valence-electron chi connectivity index (χ2n) is 3.08. The van der Waals surface area contributed by atoms with Crippen LogP contribution in [0.3, 0.4) is 0 Å². The molecular weight excluding hydrogens is 174 g/mol. The quantitative estimate of drug-likeness (QED) is 0.774. The number of rotatable bonds is 4. The van der Waals surface area contributed by atoms with Gasteiger partial charge < -0.3 is 5.32 Å². The fraction of sp³-hybridized carbons (Fsp3) is 0.250. The Bertz CT molecular complexity index is 314. The van der Waals surface area contributed by atoms with Crippen LogP contribution in [0.5, 0.6) is 0 Å². The average Bonchev–Trinajstić information content (AvgIpc) is 2.26. The lowest BCUT2D eigenvalue weighted by atomic mass is 10.1. The molecule has 0 atom stereocenters. The zero-order valence-electron chi connectivity index (χ0n) is 8.42. The predicted octanol–water partition coefficient (Wildman–Crippen LogP) is 2.47. The molecule has 1 aromatic rings. The first-order valence-corrected chi connectivity index (χ1v) is 4.78. The fourth-order valence-corrected chi connectivity index (χ4v) is 1.11. The van der Waals surface area contributed by atoms with Gasteiger partial charge in [0.25, 0.3) is 5.91 Å². The number of carbonyl (C=O) groups is 1. The number of hydrogen-bond donors (Lipinski definition) is 1. The minimum Gasteiger partial charge on any atom is -0.352 e. The zero-order valence-corrected chi connectivity index (χ0v) is 8.42. The third kappa shape index (κ3) is 2.73. The van der Waals surface area contributed by atoms with Gasteiger partial charge in [0.2, 0.25) is 0 Å². The zero-order chi connectivity index (χ0) is 10.4. The standard InChI is InChI=1S/C12H15NO/c1-3-9-13-12(14)11-7-5-10(4-2)6-8-11/h4-8H,2-3,9H2,1H3,(H,13,14). The number of amides is 1. The predicted molar refractivity (Wildman–Crippen MR) is 59.2 cm³/mol. The van der Waals surface area contributed by atoms with Crippen molar-refractivity contribution in [3.05, 3.63) is 42.0 Å². The van der Waals surface area contributed by atoms with Gasteiger partial charge in [-0.3, -0.25) is 4.79 Å². The summed E-state index contributed by atoms with van der Waals surface area (Å²) in [5, 5.41) is 2.82. The van der Waals surface area contributed by atoms with Crippen LogP contribution < -0.4 is 5.32 Å². The van der Waals surface area contributed by atoms with Gasteiger partial charge in [0, 0.05) is 12.1 Å². The summed E-state index contributed by atoms with van der Waals surface area (Å²) in [4.78, 5) is 11.5. The van der Waals surface area contributed by atoms with Crippen LogP contribution in [0.4, 0.5) is 0 Å². The Morgan fingerprint density at radius 2 is 2.07 bits per heavy atom. The first-order chi connectivity index (χ1) is 6.77. The van der Waals surface area contributed by atoms with Crippen molar-refractivity contribution in [3.63, 3.8) is 0 Å². The van der Waals surface area contributed by atoms with E-state index in [2.05, 4.69) is 11.9 Å². The lowest BCUT2D eigenvalue weighted by Crippen LogP contribution is -2.23. The van der Waals surface area contributed by atoms with E-state index in [0.717, 1.165) is 18.5 Å². The minimum atomic E-state index is -0.0116. The third-order valence-corrected chi connectivity index (χ3v) is 1.94. The molecule has 0 aromatic heterocycles. The molecule has 2 nitrogen and oxygen atoms in total. The van der Waals surface area contributed by atoms with E-state index in [-0.39, 0.29) is 5.91 Å². The van der Waals surface area contributed by atoms with E-state index in [9.17, 15) is 4.79 Å². The van der Waals surface area contributed by atoms with Crippen LogP contribution in [-0.2, 0) is 0 Å². The molecule has 74 valence electrons. The van der Waals surface area contributed by atoms with Gasteiger partial charge >= 0.3 is 0 Å². The molecule has 1 aromatic carbocycles.